The molecule has 0 radical (unpaired) electrons. The van der Waals surface area contributed by atoms with Gasteiger partial charge in [0.2, 0.25) is 5.88 Å². The summed E-state index contributed by atoms with van der Waals surface area (Å²) < 4.78 is 5.58. The van der Waals surface area contributed by atoms with E-state index in [4.69, 9.17) is 15.7 Å². The molecule has 1 unspecified atom stereocenters. The summed E-state index contributed by atoms with van der Waals surface area (Å²) >= 11 is 0. The van der Waals surface area contributed by atoms with Crippen molar-refractivity contribution in [3.05, 3.63) is 17.8 Å². The molecule has 2 rings (SSSR count). The van der Waals surface area contributed by atoms with Crippen molar-refractivity contribution < 1.29 is 4.74 Å². The first-order chi connectivity index (χ1) is 8.72. The highest BCUT2D eigenvalue weighted by Gasteiger charge is 2.20. The van der Waals surface area contributed by atoms with Gasteiger partial charge in [-0.3, -0.25) is 0 Å². The maximum absolute atomic E-state index is 8.86. The number of ether oxygens (including phenoxy) is 1. The zero-order valence-electron chi connectivity index (χ0n) is 10.6. The highest BCUT2D eigenvalue weighted by molar-refractivity contribution is 5.59. The van der Waals surface area contributed by atoms with Crippen molar-refractivity contribution in [1.29, 1.82) is 5.26 Å². The van der Waals surface area contributed by atoms with E-state index in [-0.39, 0.29) is 0 Å². The first-order valence-corrected chi connectivity index (χ1v) is 6.20. The lowest BCUT2D eigenvalue weighted by Gasteiger charge is -2.19. The van der Waals surface area contributed by atoms with Crippen molar-refractivity contribution in [2.75, 3.05) is 25.9 Å². The zero-order valence-corrected chi connectivity index (χ0v) is 10.6. The van der Waals surface area contributed by atoms with Gasteiger partial charge in [0.25, 0.3) is 0 Å². The molecular formula is C13H18N4O. The summed E-state index contributed by atoms with van der Waals surface area (Å²) in [6.07, 6.45) is 4.99. The van der Waals surface area contributed by atoms with E-state index >= 15 is 0 Å². The molecule has 1 saturated heterocycles. The van der Waals surface area contributed by atoms with Crippen LogP contribution in [0.3, 0.4) is 0 Å². The number of nitrogens with two attached hydrogens (primary N) is 1. The molecule has 1 aromatic rings. The van der Waals surface area contributed by atoms with Gasteiger partial charge in [-0.1, -0.05) is 0 Å². The third kappa shape index (κ3) is 2.71. The molecule has 0 spiro atoms. The van der Waals surface area contributed by atoms with E-state index in [1.165, 1.54) is 12.8 Å². The van der Waals surface area contributed by atoms with Crippen LogP contribution in [0.2, 0.25) is 0 Å². The van der Waals surface area contributed by atoms with Crippen molar-refractivity contribution in [3.8, 4) is 11.9 Å². The molecule has 0 bridgehead atoms. The Balaban J connectivity index is 1.89. The average Bonchev–Trinajstić information content (AvgIpc) is 2.77. The lowest BCUT2D eigenvalue weighted by atomic mass is 10.1. The third-order valence-electron chi connectivity index (χ3n) is 3.44. The van der Waals surface area contributed by atoms with Crippen LogP contribution in [0.15, 0.2) is 12.3 Å². The van der Waals surface area contributed by atoms with Gasteiger partial charge in [0, 0.05) is 12.2 Å². The number of hydrogen-bond donors (Lipinski definition) is 1. The Hall–Kier alpha value is -1.80. The molecule has 5 nitrogen and oxygen atoms in total. The Labute approximate surface area is 107 Å². The van der Waals surface area contributed by atoms with E-state index < -0.39 is 0 Å². The van der Waals surface area contributed by atoms with E-state index in [1.54, 1.807) is 12.3 Å². The maximum atomic E-state index is 8.86. The number of nitrogens with zero attached hydrogens (tertiary/aromatic N) is 3. The topological polar surface area (TPSA) is 75.2 Å². The Morgan fingerprint density at radius 2 is 2.50 bits per heavy atom. The molecule has 0 aliphatic carbocycles. The Morgan fingerprint density at radius 3 is 3.17 bits per heavy atom. The van der Waals surface area contributed by atoms with Crippen LogP contribution in [0.1, 0.15) is 24.8 Å². The molecule has 1 fully saturated rings. The summed E-state index contributed by atoms with van der Waals surface area (Å²) in [4.78, 5) is 6.41. The fourth-order valence-corrected chi connectivity index (χ4v) is 2.30. The molecule has 2 heterocycles. The first kappa shape index (κ1) is 12.7. The van der Waals surface area contributed by atoms with Crippen molar-refractivity contribution in [2.45, 2.75) is 25.3 Å². The van der Waals surface area contributed by atoms with Crippen LogP contribution in [0.25, 0.3) is 0 Å². The second-order valence-electron chi connectivity index (χ2n) is 4.60. The number of anilines is 1. The van der Waals surface area contributed by atoms with Crippen molar-refractivity contribution in [1.82, 2.24) is 9.88 Å². The molecule has 18 heavy (non-hydrogen) atoms. The Kier molecular flexibility index (Phi) is 4.00. The highest BCUT2D eigenvalue weighted by Crippen LogP contribution is 2.23. The number of nitriles is 1. The largest absolute Gasteiger partial charge is 0.476 e. The summed E-state index contributed by atoms with van der Waals surface area (Å²) in [5, 5.41) is 8.86. The third-order valence-corrected chi connectivity index (χ3v) is 3.44. The van der Waals surface area contributed by atoms with Crippen molar-refractivity contribution >= 4 is 5.69 Å². The molecule has 1 atom stereocenters. The molecule has 5 heteroatoms. The van der Waals surface area contributed by atoms with Crippen LogP contribution >= 0.6 is 0 Å². The lowest BCUT2D eigenvalue weighted by molar-refractivity contribution is 0.229. The van der Waals surface area contributed by atoms with Gasteiger partial charge in [0.1, 0.15) is 11.8 Å². The van der Waals surface area contributed by atoms with Gasteiger partial charge in [-0.2, -0.15) is 5.26 Å². The highest BCUT2D eigenvalue weighted by atomic mass is 16.5. The van der Waals surface area contributed by atoms with Crippen LogP contribution in [-0.4, -0.2) is 36.1 Å². The summed E-state index contributed by atoms with van der Waals surface area (Å²) in [6.45, 7) is 1.75. The molecule has 1 aliphatic rings. The predicted molar refractivity (Wildman–Crippen MR) is 69.1 cm³/mol. The lowest BCUT2D eigenvalue weighted by Crippen LogP contribution is -2.26. The van der Waals surface area contributed by atoms with E-state index in [2.05, 4.69) is 16.9 Å². The van der Waals surface area contributed by atoms with Gasteiger partial charge in [-0.15, -0.1) is 0 Å². The fraction of sp³-hybridized carbons (Fsp3) is 0.538. The number of pyridine rings is 1. The molecular weight excluding hydrogens is 228 g/mol. The maximum Gasteiger partial charge on any atom is 0.238 e. The van der Waals surface area contributed by atoms with Crippen LogP contribution in [0.5, 0.6) is 5.88 Å². The van der Waals surface area contributed by atoms with Gasteiger partial charge in [0.15, 0.2) is 0 Å². The van der Waals surface area contributed by atoms with Gasteiger partial charge in [0.05, 0.1) is 12.2 Å². The number of rotatable bonds is 4. The Morgan fingerprint density at radius 1 is 1.67 bits per heavy atom. The molecule has 0 saturated carbocycles. The van der Waals surface area contributed by atoms with E-state index in [1.807, 2.05) is 6.07 Å². The molecule has 0 amide bonds. The minimum Gasteiger partial charge on any atom is -0.476 e. The van der Waals surface area contributed by atoms with Crippen molar-refractivity contribution in [2.24, 2.45) is 0 Å². The Bertz CT molecular complexity index is 455. The zero-order chi connectivity index (χ0) is 13.0. The first-order valence-electron chi connectivity index (χ1n) is 6.20. The van der Waals surface area contributed by atoms with E-state index in [0.29, 0.717) is 29.8 Å². The molecule has 0 aromatic carbocycles. The van der Waals surface area contributed by atoms with Gasteiger partial charge in [-0.05, 0) is 38.9 Å². The number of likely N-dealkylation sites (tertiary alicyclic amines) is 1. The van der Waals surface area contributed by atoms with Crippen molar-refractivity contribution in [3.63, 3.8) is 0 Å². The second-order valence-corrected chi connectivity index (χ2v) is 4.60. The normalized spacial score (nSPS) is 19.7. The molecule has 96 valence electrons. The van der Waals surface area contributed by atoms with Gasteiger partial charge in [-0.25, -0.2) is 4.98 Å². The summed E-state index contributed by atoms with van der Waals surface area (Å²) in [6, 6.07) is 4.20. The summed E-state index contributed by atoms with van der Waals surface area (Å²) in [5.74, 6) is 0.370. The molecule has 2 N–H and O–H groups in total. The van der Waals surface area contributed by atoms with Crippen LogP contribution < -0.4 is 10.5 Å². The minimum atomic E-state index is 0.333. The monoisotopic (exact) mass is 246 g/mol. The predicted octanol–water partition coefficient (Wildman–Crippen LogP) is 1.40. The van der Waals surface area contributed by atoms with Crippen LogP contribution in [0, 0.1) is 11.3 Å². The van der Waals surface area contributed by atoms with E-state index in [0.717, 1.165) is 13.0 Å². The molecule has 1 aliphatic heterocycles. The van der Waals surface area contributed by atoms with Crippen LogP contribution in [0.4, 0.5) is 5.69 Å². The average molecular weight is 246 g/mol. The minimum absolute atomic E-state index is 0.333. The number of hydrogen-bond acceptors (Lipinski definition) is 5. The van der Waals surface area contributed by atoms with Gasteiger partial charge < -0.3 is 15.4 Å². The SMILES string of the molecule is CN1CCCC1CCOc1nccc(C#N)c1N. The summed E-state index contributed by atoms with van der Waals surface area (Å²) in [5.41, 5.74) is 6.54. The smallest absolute Gasteiger partial charge is 0.238 e. The quantitative estimate of drug-likeness (QED) is 0.869. The number of nitrogen functional groups attached to an aromatic ring is 1. The van der Waals surface area contributed by atoms with E-state index in [9.17, 15) is 0 Å². The number of aromatic nitrogens is 1. The fourth-order valence-electron chi connectivity index (χ4n) is 2.30. The standard InChI is InChI=1S/C13H18N4O/c1-17-7-2-3-11(17)5-8-18-13-12(15)10(9-14)4-6-16-13/h4,6,11H,2-3,5,7-8,15H2,1H3. The van der Waals surface area contributed by atoms with Gasteiger partial charge >= 0.3 is 0 Å². The van der Waals surface area contributed by atoms with Crippen LogP contribution in [-0.2, 0) is 0 Å². The molecule has 1 aromatic heterocycles. The second kappa shape index (κ2) is 5.69. The summed E-state index contributed by atoms with van der Waals surface area (Å²) in [7, 11) is 2.14.